The SMILES string of the molecule is N=C(N)c1cccc(-c2noc(C(F)(F)F)c2NC(=O)c2ccc(-c3ccccc3S(N)(=O)=O)cc2)c1. The summed E-state index contributed by atoms with van der Waals surface area (Å²) in [6, 6.07) is 17.2. The van der Waals surface area contributed by atoms with Gasteiger partial charge in [-0.15, -0.1) is 0 Å². The summed E-state index contributed by atoms with van der Waals surface area (Å²) in [7, 11) is -4.03. The zero-order valence-electron chi connectivity index (χ0n) is 18.7. The molecule has 3 aromatic carbocycles. The van der Waals surface area contributed by atoms with E-state index in [1.165, 1.54) is 66.7 Å². The van der Waals surface area contributed by atoms with Crippen LogP contribution in [-0.4, -0.2) is 25.3 Å². The first-order chi connectivity index (χ1) is 17.4. The molecular formula is C24H18F3N5O4S. The number of amides is 1. The zero-order valence-corrected chi connectivity index (χ0v) is 19.5. The first-order valence-corrected chi connectivity index (χ1v) is 12.0. The van der Waals surface area contributed by atoms with Crippen molar-refractivity contribution in [2.45, 2.75) is 11.1 Å². The number of alkyl halides is 3. The van der Waals surface area contributed by atoms with Gasteiger partial charge in [-0.3, -0.25) is 10.2 Å². The first-order valence-electron chi connectivity index (χ1n) is 10.4. The number of benzene rings is 3. The number of nitrogens with zero attached hydrogens (tertiary/aromatic N) is 1. The number of hydrogen-bond acceptors (Lipinski definition) is 6. The van der Waals surface area contributed by atoms with E-state index in [1.807, 2.05) is 0 Å². The third kappa shape index (κ3) is 5.37. The molecule has 4 rings (SSSR count). The van der Waals surface area contributed by atoms with Crippen LogP contribution in [0.1, 0.15) is 21.7 Å². The van der Waals surface area contributed by atoms with Crippen LogP contribution < -0.4 is 16.2 Å². The minimum Gasteiger partial charge on any atom is -0.384 e. The molecule has 6 N–H and O–H groups in total. The van der Waals surface area contributed by atoms with Crippen LogP contribution >= 0.6 is 0 Å². The molecule has 0 aliphatic heterocycles. The molecule has 0 spiro atoms. The number of amidine groups is 1. The lowest BCUT2D eigenvalue weighted by Gasteiger charge is -2.11. The predicted molar refractivity (Wildman–Crippen MR) is 129 cm³/mol. The highest BCUT2D eigenvalue weighted by Crippen LogP contribution is 2.41. The molecular weight excluding hydrogens is 511 g/mol. The molecule has 1 amide bonds. The van der Waals surface area contributed by atoms with E-state index >= 15 is 0 Å². The summed E-state index contributed by atoms with van der Waals surface area (Å²) in [6.45, 7) is 0. The number of hydrogen-bond donors (Lipinski definition) is 4. The van der Waals surface area contributed by atoms with E-state index in [1.54, 1.807) is 6.07 Å². The molecule has 0 radical (unpaired) electrons. The van der Waals surface area contributed by atoms with Crippen molar-refractivity contribution in [1.29, 1.82) is 5.41 Å². The molecule has 0 atom stereocenters. The van der Waals surface area contributed by atoms with Gasteiger partial charge in [-0.05, 0) is 29.8 Å². The Labute approximate surface area is 208 Å². The van der Waals surface area contributed by atoms with Gasteiger partial charge in [0.25, 0.3) is 11.7 Å². The minimum absolute atomic E-state index is 0.0189. The molecule has 13 heteroatoms. The van der Waals surface area contributed by atoms with Crippen molar-refractivity contribution in [2.75, 3.05) is 5.32 Å². The normalized spacial score (nSPS) is 11.8. The fourth-order valence-corrected chi connectivity index (χ4v) is 4.33. The van der Waals surface area contributed by atoms with Gasteiger partial charge < -0.3 is 15.6 Å². The maximum absolute atomic E-state index is 13.6. The van der Waals surface area contributed by atoms with E-state index in [4.69, 9.17) is 16.3 Å². The summed E-state index contributed by atoms with van der Waals surface area (Å²) in [4.78, 5) is 12.8. The van der Waals surface area contributed by atoms with Gasteiger partial charge in [0.1, 0.15) is 17.2 Å². The summed E-state index contributed by atoms with van der Waals surface area (Å²) < 4.78 is 69.1. The number of sulfonamides is 1. The van der Waals surface area contributed by atoms with Gasteiger partial charge in [-0.25, -0.2) is 13.6 Å². The van der Waals surface area contributed by atoms with Crippen LogP contribution in [0.5, 0.6) is 0 Å². The van der Waals surface area contributed by atoms with Crippen molar-refractivity contribution < 1.29 is 30.9 Å². The topological polar surface area (TPSA) is 165 Å². The Balaban J connectivity index is 1.70. The van der Waals surface area contributed by atoms with E-state index in [0.29, 0.717) is 11.1 Å². The molecule has 1 aromatic heterocycles. The highest BCUT2D eigenvalue weighted by molar-refractivity contribution is 7.89. The first kappa shape index (κ1) is 25.6. The number of anilines is 1. The third-order valence-electron chi connectivity index (χ3n) is 5.29. The molecule has 190 valence electrons. The van der Waals surface area contributed by atoms with E-state index in [-0.39, 0.29) is 33.1 Å². The van der Waals surface area contributed by atoms with Crippen LogP contribution in [0, 0.1) is 5.41 Å². The summed E-state index contributed by atoms with van der Waals surface area (Å²) >= 11 is 0. The third-order valence-corrected chi connectivity index (χ3v) is 6.26. The molecule has 0 saturated carbocycles. The number of carbonyl (C=O) groups excluding carboxylic acids is 1. The highest BCUT2D eigenvalue weighted by atomic mass is 32.2. The molecule has 0 saturated heterocycles. The molecule has 37 heavy (non-hydrogen) atoms. The monoisotopic (exact) mass is 529 g/mol. The Morgan fingerprint density at radius 1 is 0.946 bits per heavy atom. The molecule has 0 aliphatic carbocycles. The average molecular weight is 530 g/mol. The number of primary sulfonamides is 1. The van der Waals surface area contributed by atoms with Crippen LogP contribution in [0.3, 0.4) is 0 Å². The van der Waals surface area contributed by atoms with Crippen LogP contribution in [0.15, 0.2) is 82.2 Å². The number of carbonyl (C=O) groups is 1. The quantitative estimate of drug-likeness (QED) is 0.216. The van der Waals surface area contributed by atoms with Crippen molar-refractivity contribution in [3.05, 3.63) is 89.7 Å². The second kappa shape index (κ2) is 9.52. The largest absolute Gasteiger partial charge is 0.454 e. The molecule has 0 fully saturated rings. The molecule has 0 unspecified atom stereocenters. The van der Waals surface area contributed by atoms with Crippen LogP contribution in [0.2, 0.25) is 0 Å². The van der Waals surface area contributed by atoms with Crippen LogP contribution in [0.25, 0.3) is 22.4 Å². The van der Waals surface area contributed by atoms with E-state index in [0.717, 1.165) is 0 Å². The predicted octanol–water partition coefficient (Wildman–Crippen LogP) is 4.21. The molecule has 0 aliphatic rings. The number of aromatic nitrogens is 1. The van der Waals surface area contributed by atoms with Gasteiger partial charge in [-0.2, -0.15) is 13.2 Å². The Morgan fingerprint density at radius 3 is 2.24 bits per heavy atom. The Bertz CT molecular complexity index is 1610. The number of halogens is 3. The van der Waals surface area contributed by atoms with E-state index in [9.17, 15) is 26.4 Å². The lowest BCUT2D eigenvalue weighted by molar-refractivity contribution is -0.154. The van der Waals surface area contributed by atoms with Gasteiger partial charge in [0.2, 0.25) is 10.0 Å². The highest BCUT2D eigenvalue weighted by Gasteiger charge is 2.41. The maximum Gasteiger partial charge on any atom is 0.454 e. The van der Waals surface area contributed by atoms with Crippen molar-refractivity contribution >= 4 is 27.5 Å². The lowest BCUT2D eigenvalue weighted by Crippen LogP contribution is -2.16. The molecule has 1 heterocycles. The van der Waals surface area contributed by atoms with Gasteiger partial charge >= 0.3 is 6.18 Å². The van der Waals surface area contributed by atoms with E-state index < -0.39 is 33.6 Å². The van der Waals surface area contributed by atoms with Crippen molar-refractivity contribution in [2.24, 2.45) is 10.9 Å². The lowest BCUT2D eigenvalue weighted by atomic mass is 10.0. The summed E-state index contributed by atoms with van der Waals surface area (Å²) in [6.07, 6.45) is -4.96. The van der Waals surface area contributed by atoms with Gasteiger partial charge in [0, 0.05) is 22.3 Å². The average Bonchev–Trinajstić information content (AvgIpc) is 3.28. The maximum atomic E-state index is 13.6. The number of nitrogens with one attached hydrogen (secondary N) is 2. The molecule has 4 aromatic rings. The van der Waals surface area contributed by atoms with Crippen molar-refractivity contribution in [3.63, 3.8) is 0 Å². The second-order valence-electron chi connectivity index (χ2n) is 7.80. The van der Waals surface area contributed by atoms with Gasteiger partial charge in [0.15, 0.2) is 0 Å². The smallest absolute Gasteiger partial charge is 0.384 e. The summed E-state index contributed by atoms with van der Waals surface area (Å²) in [5.41, 5.74) is 5.53. The standard InChI is InChI=1S/C24H18F3N5O4S/c25-24(26,27)21-20(19(32-36-21)15-4-3-5-16(12-15)22(28)29)31-23(33)14-10-8-13(9-11-14)17-6-1-2-7-18(17)37(30,34)35/h1-12H,(H3,28,29)(H,31,33)(H2,30,34,35). The fourth-order valence-electron chi connectivity index (χ4n) is 3.57. The molecule has 0 bridgehead atoms. The Morgan fingerprint density at radius 2 is 1.62 bits per heavy atom. The van der Waals surface area contributed by atoms with Crippen molar-refractivity contribution in [1.82, 2.24) is 5.16 Å². The van der Waals surface area contributed by atoms with Crippen molar-refractivity contribution in [3.8, 4) is 22.4 Å². The number of rotatable bonds is 6. The van der Waals surface area contributed by atoms with Gasteiger partial charge in [0.05, 0.1) is 4.90 Å². The Kier molecular flexibility index (Phi) is 6.59. The zero-order chi connectivity index (χ0) is 27.0. The Hall–Kier alpha value is -4.49. The minimum atomic E-state index is -4.96. The van der Waals surface area contributed by atoms with Gasteiger partial charge in [-0.1, -0.05) is 53.7 Å². The summed E-state index contributed by atoms with van der Waals surface area (Å²) in [5, 5.41) is 18.5. The van der Waals surface area contributed by atoms with Crippen LogP contribution in [0.4, 0.5) is 18.9 Å². The molecule has 9 nitrogen and oxygen atoms in total. The number of nitrogens with two attached hydrogens (primary N) is 2. The second-order valence-corrected chi connectivity index (χ2v) is 9.33. The fraction of sp³-hybridized carbons (Fsp3) is 0.0417. The van der Waals surface area contributed by atoms with Crippen LogP contribution in [-0.2, 0) is 16.2 Å². The summed E-state index contributed by atoms with van der Waals surface area (Å²) in [5.74, 6) is -2.72. The number of nitrogen functional groups attached to an aromatic ring is 1. The van der Waals surface area contributed by atoms with E-state index in [2.05, 4.69) is 15.0 Å².